The molecule has 1 aliphatic heterocycles. The summed E-state index contributed by atoms with van der Waals surface area (Å²) in [6.45, 7) is 9.07. The summed E-state index contributed by atoms with van der Waals surface area (Å²) < 4.78 is 11.4. The average molecular weight is 681 g/mol. The van der Waals surface area contributed by atoms with Crippen LogP contribution in [0.1, 0.15) is 92.4 Å². The van der Waals surface area contributed by atoms with Gasteiger partial charge in [0.1, 0.15) is 29.8 Å². The number of hydrogen-bond donors (Lipinski definition) is 8. The number of aliphatic hydroxyl groups is 7. The van der Waals surface area contributed by atoms with Crippen LogP contribution in [0.2, 0.25) is 0 Å². The van der Waals surface area contributed by atoms with Crippen molar-refractivity contribution in [2.24, 2.45) is 50.7 Å². The van der Waals surface area contributed by atoms with E-state index in [1.807, 2.05) is 6.92 Å². The largest absolute Gasteiger partial charge is 0.481 e. The van der Waals surface area contributed by atoms with Gasteiger partial charge >= 0.3 is 11.9 Å². The molecule has 12 heteroatoms. The number of rotatable bonds is 5. The van der Waals surface area contributed by atoms with E-state index < -0.39 is 101 Å². The van der Waals surface area contributed by atoms with Crippen molar-refractivity contribution in [2.45, 2.75) is 135 Å². The summed E-state index contributed by atoms with van der Waals surface area (Å²) in [7, 11) is 0. The number of carbonyl (C=O) groups is 2. The SMILES string of the molecule is C[C@@H]1CC[C@]2(C(=O)O[C@@H]3O[C@H](CO)[C@@H](O)[C@H](O)[C@H]3O)CC[C@]3(C)C(=CC[C@@H]4[C@@]5(C)CC[C@H](O)[C@@](CO)(C(=O)O)C5CC[C@]43C)[C@H]2[C@]1(C)O. The van der Waals surface area contributed by atoms with Gasteiger partial charge in [-0.1, -0.05) is 39.3 Å². The molecule has 16 atom stereocenters. The lowest BCUT2D eigenvalue weighted by Crippen LogP contribution is -2.69. The molecule has 5 fully saturated rings. The fourth-order valence-electron chi connectivity index (χ4n) is 12.3. The van der Waals surface area contributed by atoms with Crippen LogP contribution in [0.25, 0.3) is 0 Å². The monoisotopic (exact) mass is 680 g/mol. The van der Waals surface area contributed by atoms with Gasteiger partial charge in [-0.2, -0.15) is 0 Å². The Balaban J connectivity index is 1.40. The molecule has 1 unspecified atom stereocenters. The number of fused-ring (bicyclic) bond motifs is 7. The van der Waals surface area contributed by atoms with Crippen LogP contribution >= 0.6 is 0 Å². The molecule has 1 heterocycles. The summed E-state index contributed by atoms with van der Waals surface area (Å²) in [4.78, 5) is 27.2. The molecule has 5 aliphatic carbocycles. The fourth-order valence-corrected chi connectivity index (χ4v) is 12.3. The highest BCUT2D eigenvalue weighted by Crippen LogP contribution is 2.76. The summed E-state index contributed by atoms with van der Waals surface area (Å²) in [6, 6.07) is 0. The van der Waals surface area contributed by atoms with Crippen molar-refractivity contribution in [1.29, 1.82) is 0 Å². The van der Waals surface area contributed by atoms with Gasteiger partial charge < -0.3 is 50.3 Å². The van der Waals surface area contributed by atoms with E-state index in [0.29, 0.717) is 51.4 Å². The van der Waals surface area contributed by atoms with Gasteiger partial charge in [0.25, 0.3) is 0 Å². The molecule has 6 rings (SSSR count). The van der Waals surface area contributed by atoms with Crippen molar-refractivity contribution in [3.8, 4) is 0 Å². The molecule has 0 amide bonds. The maximum Gasteiger partial charge on any atom is 0.315 e. The molecule has 1 saturated heterocycles. The van der Waals surface area contributed by atoms with Gasteiger partial charge in [0.2, 0.25) is 6.29 Å². The van der Waals surface area contributed by atoms with Crippen molar-refractivity contribution in [3.05, 3.63) is 11.6 Å². The Morgan fingerprint density at radius 3 is 2.21 bits per heavy atom. The average Bonchev–Trinajstić information content (AvgIpc) is 3.03. The van der Waals surface area contributed by atoms with Crippen LogP contribution in [0.4, 0.5) is 0 Å². The summed E-state index contributed by atoms with van der Waals surface area (Å²) in [5, 5.41) is 85.4. The van der Waals surface area contributed by atoms with Crippen molar-refractivity contribution >= 4 is 11.9 Å². The van der Waals surface area contributed by atoms with Crippen molar-refractivity contribution in [1.82, 2.24) is 0 Å². The highest BCUT2D eigenvalue weighted by Gasteiger charge is 2.73. The smallest absolute Gasteiger partial charge is 0.315 e. The molecule has 12 nitrogen and oxygen atoms in total. The van der Waals surface area contributed by atoms with Crippen LogP contribution < -0.4 is 0 Å². The summed E-state index contributed by atoms with van der Waals surface area (Å²) in [5.41, 5.74) is -4.46. The molecule has 6 aliphatic rings. The lowest BCUT2D eigenvalue weighted by molar-refractivity contribution is -0.299. The Hall–Kier alpha value is -1.64. The van der Waals surface area contributed by atoms with E-state index in [9.17, 15) is 50.4 Å². The molecule has 8 N–H and O–H groups in total. The maximum atomic E-state index is 14.5. The summed E-state index contributed by atoms with van der Waals surface area (Å²) >= 11 is 0. The number of aliphatic hydroxyl groups excluding tert-OH is 6. The molecule has 0 aromatic rings. The van der Waals surface area contributed by atoms with Gasteiger partial charge in [-0.05, 0) is 98.7 Å². The van der Waals surface area contributed by atoms with Gasteiger partial charge in [-0.3, -0.25) is 9.59 Å². The first-order valence-electron chi connectivity index (χ1n) is 17.8. The van der Waals surface area contributed by atoms with Crippen LogP contribution in [0.3, 0.4) is 0 Å². The Bertz CT molecular complexity index is 1330. The lowest BCUT2D eigenvalue weighted by atomic mass is 9.33. The van der Waals surface area contributed by atoms with Crippen molar-refractivity contribution < 1.29 is 59.9 Å². The highest BCUT2D eigenvalue weighted by molar-refractivity contribution is 5.79. The second-order valence-electron chi connectivity index (χ2n) is 17.2. The minimum Gasteiger partial charge on any atom is -0.481 e. The highest BCUT2D eigenvalue weighted by atomic mass is 16.7. The molecule has 272 valence electrons. The third kappa shape index (κ3) is 4.49. The standard InChI is InChI=1S/C36H56O12/c1-18-8-13-35(30(45)48-28-26(42)25(41)24(40)20(16-37)47-28)15-14-32(3)19(27(35)34(18,5)46)6-7-21-31(2)11-10-23(39)36(17-38,29(43)44)22(31)9-12-33(21,32)4/h6,18,20-28,37-42,46H,7-17H2,1-5H3,(H,43,44)/t18-,20-,21-,22?,23+,24-,25+,26-,27+,28+,31-,32-,33-,34-,35+,36+/m1/s1. The van der Waals surface area contributed by atoms with E-state index in [0.717, 1.165) is 5.57 Å². The van der Waals surface area contributed by atoms with E-state index in [1.165, 1.54) is 0 Å². The minimum absolute atomic E-state index is 0.0230. The third-order valence-electron chi connectivity index (χ3n) is 15.6. The molecular weight excluding hydrogens is 624 g/mol. The van der Waals surface area contributed by atoms with Gasteiger partial charge in [-0.25, -0.2) is 0 Å². The molecule has 4 saturated carbocycles. The summed E-state index contributed by atoms with van der Waals surface area (Å²) in [6.07, 6.45) is -2.28. The third-order valence-corrected chi connectivity index (χ3v) is 15.6. The first-order chi connectivity index (χ1) is 22.3. The number of carbonyl (C=O) groups excluding carboxylic acids is 1. The second-order valence-corrected chi connectivity index (χ2v) is 17.2. The maximum absolute atomic E-state index is 14.5. The first kappa shape index (κ1) is 36.2. The zero-order valence-corrected chi connectivity index (χ0v) is 28.8. The van der Waals surface area contributed by atoms with E-state index in [1.54, 1.807) is 6.92 Å². The van der Waals surface area contributed by atoms with E-state index in [2.05, 4.69) is 26.8 Å². The van der Waals surface area contributed by atoms with Gasteiger partial charge in [0.15, 0.2) is 0 Å². The predicted octanol–water partition coefficient (Wildman–Crippen LogP) is 1.50. The number of carboxylic acids is 1. The van der Waals surface area contributed by atoms with Crippen LogP contribution in [0, 0.1) is 50.7 Å². The zero-order chi connectivity index (χ0) is 35.4. The molecular formula is C36H56O12. The number of carboxylic acid groups (broad SMARTS) is 1. The predicted molar refractivity (Wildman–Crippen MR) is 170 cm³/mol. The van der Waals surface area contributed by atoms with Gasteiger partial charge in [-0.15, -0.1) is 0 Å². The topological polar surface area (TPSA) is 214 Å². The van der Waals surface area contributed by atoms with Crippen molar-refractivity contribution in [3.63, 3.8) is 0 Å². The quantitative estimate of drug-likeness (QED) is 0.153. The Morgan fingerprint density at radius 2 is 1.58 bits per heavy atom. The second kappa shape index (κ2) is 11.7. The minimum atomic E-state index is -1.74. The number of aliphatic carboxylic acids is 1. The van der Waals surface area contributed by atoms with E-state index >= 15 is 0 Å². The molecule has 0 bridgehead atoms. The first-order valence-corrected chi connectivity index (χ1v) is 17.8. The number of hydrogen-bond acceptors (Lipinski definition) is 11. The van der Waals surface area contributed by atoms with E-state index in [-0.39, 0.29) is 23.7 Å². The van der Waals surface area contributed by atoms with Crippen molar-refractivity contribution in [2.75, 3.05) is 13.2 Å². The molecule has 48 heavy (non-hydrogen) atoms. The molecule has 0 aromatic carbocycles. The molecule has 0 aromatic heterocycles. The number of esters is 1. The van der Waals surface area contributed by atoms with E-state index in [4.69, 9.17) is 9.47 Å². The lowest BCUT2D eigenvalue weighted by Gasteiger charge is -2.71. The van der Waals surface area contributed by atoms with Gasteiger partial charge in [0.05, 0.1) is 30.3 Å². The number of allylic oxidation sites excluding steroid dienone is 1. The van der Waals surface area contributed by atoms with Crippen LogP contribution in [-0.4, -0.2) is 108 Å². The molecule has 0 spiro atoms. The van der Waals surface area contributed by atoms with Crippen LogP contribution in [-0.2, 0) is 19.1 Å². The summed E-state index contributed by atoms with van der Waals surface area (Å²) in [5.74, 6) is -3.03. The Labute approximate surface area is 282 Å². The molecule has 0 radical (unpaired) electrons. The van der Waals surface area contributed by atoms with Gasteiger partial charge in [0, 0.05) is 5.92 Å². The zero-order valence-electron chi connectivity index (χ0n) is 28.8. The Kier molecular flexibility index (Phi) is 8.81. The Morgan fingerprint density at radius 1 is 0.896 bits per heavy atom. The normalized spacial score (nSPS) is 54.9. The number of ether oxygens (including phenoxy) is 2. The van der Waals surface area contributed by atoms with Crippen LogP contribution in [0.15, 0.2) is 11.6 Å². The fraction of sp³-hybridized carbons (Fsp3) is 0.889. The van der Waals surface area contributed by atoms with Crippen LogP contribution in [0.5, 0.6) is 0 Å².